The Balaban J connectivity index is 1.45. The number of ether oxygens (including phenoxy) is 1. The molecule has 0 N–H and O–H groups in total. The molecule has 0 aliphatic carbocycles. The molecule has 3 aromatic rings. The van der Waals surface area contributed by atoms with Gasteiger partial charge in [-0.1, -0.05) is 0 Å². The molecule has 2 aliphatic heterocycles. The number of ketones is 1. The molecule has 1 aromatic heterocycles. The largest absolute Gasteiger partial charge is 0.496 e. The van der Waals surface area contributed by atoms with Gasteiger partial charge in [0.05, 0.1) is 23.7 Å². The molecule has 2 aromatic carbocycles. The van der Waals surface area contributed by atoms with Crippen LogP contribution in [-0.4, -0.2) is 48.6 Å². The Hall–Kier alpha value is -3.09. The number of piperazine rings is 1. The molecular formula is C21H21FN4O2. The summed E-state index contributed by atoms with van der Waals surface area (Å²) in [5.74, 6) is 1.43. The molecule has 1 saturated heterocycles. The molecule has 6 nitrogen and oxygen atoms in total. The highest BCUT2D eigenvalue weighted by Gasteiger charge is 2.29. The number of carbonyl (C=O) groups is 1. The molecule has 1 fully saturated rings. The van der Waals surface area contributed by atoms with Gasteiger partial charge in [-0.05, 0) is 36.4 Å². The monoisotopic (exact) mass is 380 g/mol. The maximum absolute atomic E-state index is 13.2. The molecule has 5 rings (SSSR count). The van der Waals surface area contributed by atoms with Gasteiger partial charge in [-0.15, -0.1) is 0 Å². The third-order valence-electron chi connectivity index (χ3n) is 5.67. The zero-order chi connectivity index (χ0) is 19.3. The van der Waals surface area contributed by atoms with Crippen molar-refractivity contribution in [2.24, 2.45) is 0 Å². The first kappa shape index (κ1) is 17.0. The summed E-state index contributed by atoms with van der Waals surface area (Å²) in [4.78, 5) is 21.9. The molecule has 0 spiro atoms. The van der Waals surface area contributed by atoms with Gasteiger partial charge in [-0.25, -0.2) is 9.37 Å². The molecule has 0 saturated carbocycles. The maximum atomic E-state index is 13.2. The molecule has 144 valence electrons. The van der Waals surface area contributed by atoms with Crippen LogP contribution in [0.2, 0.25) is 0 Å². The predicted molar refractivity (Wildman–Crippen MR) is 106 cm³/mol. The lowest BCUT2D eigenvalue weighted by Gasteiger charge is -2.37. The lowest BCUT2D eigenvalue weighted by molar-refractivity contribution is 0.0970. The second kappa shape index (κ2) is 6.51. The average Bonchev–Trinajstić information content (AvgIpc) is 3.11. The summed E-state index contributed by atoms with van der Waals surface area (Å²) in [6, 6.07) is 10.4. The summed E-state index contributed by atoms with van der Waals surface area (Å²) in [7, 11) is 1.59. The Bertz CT molecular complexity index is 1050. The first-order valence-corrected chi connectivity index (χ1v) is 9.51. The van der Waals surface area contributed by atoms with Crippen LogP contribution in [0.25, 0.3) is 11.0 Å². The van der Waals surface area contributed by atoms with E-state index in [0.29, 0.717) is 24.3 Å². The van der Waals surface area contributed by atoms with E-state index in [4.69, 9.17) is 9.72 Å². The van der Waals surface area contributed by atoms with Crippen molar-refractivity contribution in [3.63, 3.8) is 0 Å². The van der Waals surface area contributed by atoms with Crippen LogP contribution in [0.5, 0.6) is 5.75 Å². The lowest BCUT2D eigenvalue weighted by Crippen LogP contribution is -2.47. The fraction of sp³-hybridized carbons (Fsp3) is 0.333. The third-order valence-corrected chi connectivity index (χ3v) is 5.67. The van der Waals surface area contributed by atoms with Crippen molar-refractivity contribution < 1.29 is 13.9 Å². The van der Waals surface area contributed by atoms with Crippen LogP contribution in [0.1, 0.15) is 16.8 Å². The Kier molecular flexibility index (Phi) is 3.96. The van der Waals surface area contributed by atoms with Gasteiger partial charge < -0.3 is 19.1 Å². The SMILES string of the molecule is COc1ccc2nc(N3CCN(c4ccc(F)cc4)CC3)n3c2c1C(=O)CC3. The molecule has 0 atom stereocenters. The number of benzene rings is 2. The topological polar surface area (TPSA) is 50.6 Å². The molecule has 0 unspecified atom stereocenters. The number of imidazole rings is 1. The second-order valence-corrected chi connectivity index (χ2v) is 7.20. The highest BCUT2D eigenvalue weighted by Crippen LogP contribution is 2.36. The van der Waals surface area contributed by atoms with E-state index < -0.39 is 0 Å². The van der Waals surface area contributed by atoms with Crippen molar-refractivity contribution in [3.8, 4) is 5.75 Å². The Morgan fingerprint density at radius 3 is 2.39 bits per heavy atom. The molecule has 7 heteroatoms. The number of rotatable bonds is 3. The summed E-state index contributed by atoms with van der Waals surface area (Å²) >= 11 is 0. The van der Waals surface area contributed by atoms with Crippen molar-refractivity contribution in [1.29, 1.82) is 0 Å². The van der Waals surface area contributed by atoms with Crippen LogP contribution in [0.4, 0.5) is 16.0 Å². The number of hydrogen-bond acceptors (Lipinski definition) is 5. The van der Waals surface area contributed by atoms with Gasteiger partial charge in [-0.2, -0.15) is 0 Å². The highest BCUT2D eigenvalue weighted by molar-refractivity contribution is 6.10. The minimum absolute atomic E-state index is 0.113. The van der Waals surface area contributed by atoms with Gasteiger partial charge in [0, 0.05) is 44.8 Å². The number of methoxy groups -OCH3 is 1. The number of anilines is 2. The second-order valence-electron chi connectivity index (χ2n) is 7.20. The first-order chi connectivity index (χ1) is 13.7. The molecular weight excluding hydrogens is 359 g/mol. The molecule has 28 heavy (non-hydrogen) atoms. The Morgan fingerprint density at radius 2 is 1.68 bits per heavy atom. The van der Waals surface area contributed by atoms with Gasteiger partial charge in [0.15, 0.2) is 5.78 Å². The van der Waals surface area contributed by atoms with E-state index in [-0.39, 0.29) is 11.6 Å². The predicted octanol–water partition coefficient (Wildman–Crippen LogP) is 3.10. The average molecular weight is 380 g/mol. The summed E-state index contributed by atoms with van der Waals surface area (Å²) in [5, 5.41) is 0. The van der Waals surface area contributed by atoms with Crippen LogP contribution in [0.3, 0.4) is 0 Å². The van der Waals surface area contributed by atoms with Gasteiger partial charge in [0.2, 0.25) is 5.95 Å². The van der Waals surface area contributed by atoms with E-state index in [1.54, 1.807) is 7.11 Å². The Morgan fingerprint density at radius 1 is 0.964 bits per heavy atom. The van der Waals surface area contributed by atoms with Crippen molar-refractivity contribution >= 4 is 28.5 Å². The van der Waals surface area contributed by atoms with Gasteiger partial charge in [0.1, 0.15) is 11.6 Å². The summed E-state index contributed by atoms with van der Waals surface area (Å²) in [6.45, 7) is 3.96. The fourth-order valence-electron chi connectivity index (χ4n) is 4.24. The van der Waals surface area contributed by atoms with Crippen LogP contribution in [0, 0.1) is 5.82 Å². The van der Waals surface area contributed by atoms with E-state index in [2.05, 4.69) is 14.4 Å². The number of Topliss-reactive ketones (excluding diaryl/α,β-unsaturated/α-hetero) is 1. The Labute approximate surface area is 162 Å². The minimum atomic E-state index is -0.216. The zero-order valence-electron chi connectivity index (χ0n) is 15.7. The highest BCUT2D eigenvalue weighted by atomic mass is 19.1. The van der Waals surface area contributed by atoms with Crippen molar-refractivity contribution in [2.45, 2.75) is 13.0 Å². The first-order valence-electron chi connectivity index (χ1n) is 9.51. The summed E-state index contributed by atoms with van der Waals surface area (Å²) in [5.41, 5.74) is 3.40. The normalized spacial score (nSPS) is 16.7. The fourth-order valence-corrected chi connectivity index (χ4v) is 4.24. The summed E-state index contributed by atoms with van der Waals surface area (Å²) in [6.07, 6.45) is 0.460. The lowest BCUT2D eigenvalue weighted by atomic mass is 10.0. The van der Waals surface area contributed by atoms with E-state index in [1.165, 1.54) is 12.1 Å². The number of nitrogens with zero attached hydrogens (tertiary/aromatic N) is 4. The van der Waals surface area contributed by atoms with E-state index in [1.807, 2.05) is 24.3 Å². The number of carbonyl (C=O) groups excluding carboxylic acids is 1. The molecule has 0 bridgehead atoms. The van der Waals surface area contributed by atoms with Crippen LogP contribution >= 0.6 is 0 Å². The number of aromatic nitrogens is 2. The number of aryl methyl sites for hydroxylation is 1. The van der Waals surface area contributed by atoms with Crippen LogP contribution < -0.4 is 14.5 Å². The molecule has 0 radical (unpaired) electrons. The molecule has 3 heterocycles. The number of hydrogen-bond donors (Lipinski definition) is 0. The van der Waals surface area contributed by atoms with Crippen LogP contribution in [0.15, 0.2) is 36.4 Å². The molecule has 0 amide bonds. The van der Waals surface area contributed by atoms with E-state index >= 15 is 0 Å². The van der Waals surface area contributed by atoms with Crippen molar-refractivity contribution in [2.75, 3.05) is 43.1 Å². The maximum Gasteiger partial charge on any atom is 0.206 e. The number of halogens is 1. The zero-order valence-corrected chi connectivity index (χ0v) is 15.7. The van der Waals surface area contributed by atoms with Crippen molar-refractivity contribution in [1.82, 2.24) is 9.55 Å². The smallest absolute Gasteiger partial charge is 0.206 e. The van der Waals surface area contributed by atoms with Gasteiger partial charge >= 0.3 is 0 Å². The van der Waals surface area contributed by atoms with Crippen LogP contribution in [-0.2, 0) is 6.54 Å². The standard InChI is InChI=1S/C21H21FN4O2/c1-28-18-7-6-16-20-19(18)17(27)8-9-26(20)21(23-16)25-12-10-24(11-13-25)15-4-2-14(22)3-5-15/h2-7H,8-13H2,1H3. The minimum Gasteiger partial charge on any atom is -0.496 e. The van der Waals surface area contributed by atoms with E-state index in [0.717, 1.165) is 48.8 Å². The third kappa shape index (κ3) is 2.61. The van der Waals surface area contributed by atoms with Gasteiger partial charge in [0.25, 0.3) is 0 Å². The summed E-state index contributed by atoms with van der Waals surface area (Å²) < 4.78 is 20.7. The van der Waals surface area contributed by atoms with E-state index in [9.17, 15) is 9.18 Å². The quantitative estimate of drug-likeness (QED) is 0.699. The van der Waals surface area contributed by atoms with Crippen molar-refractivity contribution in [3.05, 3.63) is 47.8 Å². The molecule has 2 aliphatic rings. The van der Waals surface area contributed by atoms with Gasteiger partial charge in [-0.3, -0.25) is 4.79 Å².